The first-order valence-corrected chi connectivity index (χ1v) is 9.06. The van der Waals surface area contributed by atoms with Crippen molar-refractivity contribution >= 4 is 22.4 Å². The molecule has 2 rings (SSSR count). The van der Waals surface area contributed by atoms with Crippen molar-refractivity contribution in [2.45, 2.75) is 24.3 Å². The zero-order chi connectivity index (χ0) is 17.6. The summed E-state index contributed by atoms with van der Waals surface area (Å²) in [7, 11) is -1.94. The summed E-state index contributed by atoms with van der Waals surface area (Å²) in [6.07, 6.45) is 0.581. The van der Waals surface area contributed by atoms with Crippen molar-refractivity contribution in [2.24, 2.45) is 5.73 Å². The van der Waals surface area contributed by atoms with Crippen molar-refractivity contribution in [1.29, 1.82) is 0 Å². The zero-order valence-corrected chi connectivity index (χ0v) is 15.8. The Morgan fingerprint density at radius 1 is 1.00 bits per heavy atom. The second kappa shape index (κ2) is 9.62. The van der Waals surface area contributed by atoms with Crippen LogP contribution in [-0.4, -0.2) is 28.1 Å². The molecule has 2 aromatic carbocycles. The lowest BCUT2D eigenvalue weighted by Crippen LogP contribution is -2.29. The average Bonchev–Trinajstić information content (AvgIpc) is 2.55. The number of benzene rings is 2. The monoisotopic (exact) mass is 386 g/mol. The van der Waals surface area contributed by atoms with Gasteiger partial charge in [-0.3, -0.25) is 0 Å². The van der Waals surface area contributed by atoms with Crippen LogP contribution in [0.2, 0.25) is 0 Å². The minimum Gasteiger partial charge on any atom is -0.497 e. The maximum atomic E-state index is 12.1. The molecule has 0 aliphatic heterocycles. The Balaban J connectivity index is 0.00000312. The van der Waals surface area contributed by atoms with Crippen LogP contribution in [0.4, 0.5) is 0 Å². The molecule has 1 unspecified atom stereocenters. The van der Waals surface area contributed by atoms with Gasteiger partial charge in [-0.25, -0.2) is 13.1 Å². The molecule has 3 N–H and O–H groups in total. The third-order valence-corrected chi connectivity index (χ3v) is 4.80. The van der Waals surface area contributed by atoms with Crippen LogP contribution >= 0.6 is 12.4 Å². The molecule has 138 valence electrons. The van der Waals surface area contributed by atoms with Crippen LogP contribution in [0.15, 0.2) is 53.4 Å². The predicted molar refractivity (Wildman–Crippen MR) is 100 cm³/mol. The Bertz CT molecular complexity index is 747. The summed E-state index contributed by atoms with van der Waals surface area (Å²) in [6, 6.07) is 13.3. The molecule has 0 aromatic heterocycles. The molecular formula is C17H23ClN2O4S. The summed E-state index contributed by atoms with van der Waals surface area (Å²) in [4.78, 5) is 0.189. The van der Waals surface area contributed by atoms with Gasteiger partial charge >= 0.3 is 0 Å². The molecule has 8 heteroatoms. The highest BCUT2D eigenvalue weighted by molar-refractivity contribution is 7.89. The summed E-state index contributed by atoms with van der Waals surface area (Å²) < 4.78 is 37.6. The molecule has 0 saturated heterocycles. The molecule has 0 heterocycles. The number of sulfonamides is 1. The largest absolute Gasteiger partial charge is 0.497 e. The lowest BCUT2D eigenvalue weighted by molar-refractivity contribution is 0.413. The van der Waals surface area contributed by atoms with Crippen molar-refractivity contribution in [1.82, 2.24) is 4.72 Å². The van der Waals surface area contributed by atoms with E-state index in [1.807, 2.05) is 6.92 Å². The molecule has 0 aliphatic rings. The van der Waals surface area contributed by atoms with E-state index in [2.05, 4.69) is 4.72 Å². The van der Waals surface area contributed by atoms with E-state index >= 15 is 0 Å². The van der Waals surface area contributed by atoms with Crippen LogP contribution < -0.4 is 19.9 Å². The minimum absolute atomic E-state index is 0. The summed E-state index contributed by atoms with van der Waals surface area (Å²) in [6.45, 7) is 2.14. The number of hydrogen-bond acceptors (Lipinski definition) is 5. The topological polar surface area (TPSA) is 90.6 Å². The van der Waals surface area contributed by atoms with Crippen LogP contribution in [0.1, 0.15) is 13.3 Å². The smallest absolute Gasteiger partial charge is 0.240 e. The maximum absolute atomic E-state index is 12.1. The molecule has 0 amide bonds. The molecule has 0 fully saturated rings. The lowest BCUT2D eigenvalue weighted by atomic mass is 10.3. The highest BCUT2D eigenvalue weighted by Crippen LogP contribution is 2.24. The van der Waals surface area contributed by atoms with E-state index in [1.165, 1.54) is 12.1 Å². The highest BCUT2D eigenvalue weighted by Gasteiger charge is 2.13. The number of nitrogens with one attached hydrogen (secondary N) is 1. The van der Waals surface area contributed by atoms with Gasteiger partial charge in [-0.2, -0.15) is 0 Å². The number of methoxy groups -OCH3 is 1. The normalized spacial score (nSPS) is 12.1. The Labute approximate surface area is 154 Å². The van der Waals surface area contributed by atoms with Crippen molar-refractivity contribution in [2.75, 3.05) is 13.7 Å². The number of nitrogens with two attached hydrogens (primary N) is 1. The van der Waals surface area contributed by atoms with Gasteiger partial charge in [0.25, 0.3) is 0 Å². The second-order valence-corrected chi connectivity index (χ2v) is 7.18. The molecule has 25 heavy (non-hydrogen) atoms. The van der Waals surface area contributed by atoms with E-state index in [0.29, 0.717) is 24.5 Å². The van der Waals surface area contributed by atoms with Crippen LogP contribution in [0.5, 0.6) is 17.2 Å². The molecule has 6 nitrogen and oxygen atoms in total. The Kier molecular flexibility index (Phi) is 8.18. The Morgan fingerprint density at radius 3 is 1.96 bits per heavy atom. The minimum atomic E-state index is -3.53. The number of ether oxygens (including phenoxy) is 2. The van der Waals surface area contributed by atoms with Crippen LogP contribution in [-0.2, 0) is 10.0 Å². The van der Waals surface area contributed by atoms with Crippen molar-refractivity contribution < 1.29 is 17.9 Å². The van der Waals surface area contributed by atoms with Crippen LogP contribution in [0.25, 0.3) is 0 Å². The summed E-state index contributed by atoms with van der Waals surface area (Å²) >= 11 is 0. The van der Waals surface area contributed by atoms with Gasteiger partial charge in [-0.05, 0) is 61.9 Å². The predicted octanol–water partition coefficient (Wildman–Crippen LogP) is 2.92. The third-order valence-electron chi connectivity index (χ3n) is 3.32. The van der Waals surface area contributed by atoms with E-state index in [0.717, 1.165) is 5.75 Å². The third kappa shape index (κ3) is 6.55. The Hall–Kier alpha value is -1.80. The first-order chi connectivity index (χ1) is 11.4. The molecule has 0 spiro atoms. The van der Waals surface area contributed by atoms with Gasteiger partial charge in [0.15, 0.2) is 0 Å². The number of hydrogen-bond donors (Lipinski definition) is 2. The van der Waals surface area contributed by atoms with E-state index in [-0.39, 0.29) is 23.3 Å². The van der Waals surface area contributed by atoms with Gasteiger partial charge in [-0.15, -0.1) is 12.4 Å². The van der Waals surface area contributed by atoms with Crippen LogP contribution in [0, 0.1) is 0 Å². The molecule has 2 aromatic rings. The van der Waals surface area contributed by atoms with Crippen molar-refractivity contribution in [3.63, 3.8) is 0 Å². The van der Waals surface area contributed by atoms with Crippen molar-refractivity contribution in [3.05, 3.63) is 48.5 Å². The van der Waals surface area contributed by atoms with E-state index in [4.69, 9.17) is 15.2 Å². The standard InChI is InChI=1S/C17H22N2O4S.ClH/c1-13(18)11-12-19-24(20,21)17-9-7-16(8-10-17)23-15-5-3-14(22-2)4-6-15;/h3-10,13,19H,11-12,18H2,1-2H3;1H. The molecular weight excluding hydrogens is 364 g/mol. The first-order valence-electron chi connectivity index (χ1n) is 7.58. The Morgan fingerprint density at radius 2 is 1.48 bits per heavy atom. The maximum Gasteiger partial charge on any atom is 0.240 e. The van der Waals surface area contributed by atoms with E-state index in [1.54, 1.807) is 43.5 Å². The molecule has 0 saturated carbocycles. The summed E-state index contributed by atoms with van der Waals surface area (Å²) in [5.74, 6) is 1.93. The molecule has 0 radical (unpaired) electrons. The summed E-state index contributed by atoms with van der Waals surface area (Å²) in [5, 5.41) is 0. The fourth-order valence-electron chi connectivity index (χ4n) is 1.97. The van der Waals surface area contributed by atoms with E-state index in [9.17, 15) is 8.42 Å². The molecule has 1 atom stereocenters. The molecule has 0 aliphatic carbocycles. The highest BCUT2D eigenvalue weighted by atomic mass is 35.5. The summed E-state index contributed by atoms with van der Waals surface area (Å²) in [5.41, 5.74) is 5.61. The quantitative estimate of drug-likeness (QED) is 0.727. The molecule has 0 bridgehead atoms. The fraction of sp³-hybridized carbons (Fsp3) is 0.294. The number of halogens is 1. The first kappa shape index (κ1) is 21.2. The van der Waals surface area contributed by atoms with Gasteiger partial charge < -0.3 is 15.2 Å². The van der Waals surface area contributed by atoms with Gasteiger partial charge in [0, 0.05) is 12.6 Å². The van der Waals surface area contributed by atoms with Gasteiger partial charge in [0.05, 0.1) is 12.0 Å². The van der Waals surface area contributed by atoms with Gasteiger partial charge in [-0.1, -0.05) is 0 Å². The van der Waals surface area contributed by atoms with Gasteiger partial charge in [0.1, 0.15) is 17.2 Å². The lowest BCUT2D eigenvalue weighted by Gasteiger charge is -2.10. The average molecular weight is 387 g/mol. The van der Waals surface area contributed by atoms with E-state index < -0.39 is 10.0 Å². The van der Waals surface area contributed by atoms with Gasteiger partial charge in [0.2, 0.25) is 10.0 Å². The van der Waals surface area contributed by atoms with Crippen molar-refractivity contribution in [3.8, 4) is 17.2 Å². The van der Waals surface area contributed by atoms with Crippen LogP contribution in [0.3, 0.4) is 0 Å². The SMILES string of the molecule is COc1ccc(Oc2ccc(S(=O)(=O)NCCC(C)N)cc2)cc1.Cl. The fourth-order valence-corrected chi connectivity index (χ4v) is 3.02. The number of rotatable bonds is 8. The zero-order valence-electron chi connectivity index (χ0n) is 14.1. The second-order valence-electron chi connectivity index (χ2n) is 5.41.